The summed E-state index contributed by atoms with van der Waals surface area (Å²) in [6.07, 6.45) is 0. The van der Waals surface area contributed by atoms with Gasteiger partial charge in [-0.15, -0.1) is 0 Å². The Bertz CT molecular complexity index is 312. The van der Waals surface area contributed by atoms with Gasteiger partial charge in [-0.1, -0.05) is 10.9 Å². The van der Waals surface area contributed by atoms with Crippen LogP contribution >= 0.6 is 0 Å². The van der Waals surface area contributed by atoms with E-state index in [-0.39, 0.29) is 0 Å². The molecule has 0 radical (unpaired) electrons. The number of nitrogens with zero attached hydrogens (tertiary/aromatic N) is 8. The summed E-state index contributed by atoms with van der Waals surface area (Å²) < 4.78 is 0. The maximum atomic E-state index is 9.80. The molecule has 1 rings (SSSR count). The largest absolute Gasteiger partial charge is 0.340 e. The van der Waals surface area contributed by atoms with Gasteiger partial charge >= 0.3 is 0 Å². The van der Waals surface area contributed by atoms with Crippen LogP contribution < -0.4 is 0 Å². The molecule has 12 nitrogen and oxygen atoms in total. The van der Waals surface area contributed by atoms with E-state index in [9.17, 15) is 20.2 Å². The Morgan fingerprint density at radius 3 is 1.36 bits per heavy atom. The average molecular weight is 200 g/mol. The molecule has 0 aromatic carbocycles. The summed E-state index contributed by atoms with van der Waals surface area (Å²) in [5.74, 6) is -1.23. The van der Waals surface area contributed by atoms with Crippen LogP contribution in [-0.4, -0.2) is 30.5 Å². The Labute approximate surface area is 74.6 Å². The normalized spacial score (nSPS) is 9.14. The summed E-state index contributed by atoms with van der Waals surface area (Å²) in [5, 5.41) is 29.7. The third kappa shape index (κ3) is 2.76. The summed E-state index contributed by atoms with van der Waals surface area (Å²) in [6.45, 7) is 0. The number of hydrogen-bond acceptors (Lipinski definition) is 8. The quantitative estimate of drug-likeness (QED) is 0.469. The third-order valence-corrected chi connectivity index (χ3v) is 0.800. The van der Waals surface area contributed by atoms with Crippen molar-refractivity contribution in [3.8, 4) is 0 Å². The topological polar surface area (TPSA) is 166 Å². The zero-order valence-corrected chi connectivity index (χ0v) is 6.21. The van der Waals surface area contributed by atoms with Crippen LogP contribution in [0.2, 0.25) is 0 Å². The highest BCUT2D eigenvalue weighted by molar-refractivity contribution is 5.27. The summed E-state index contributed by atoms with van der Waals surface area (Å²) >= 11 is 0. The summed E-state index contributed by atoms with van der Waals surface area (Å²) in [5.41, 5.74) is 5.29. The number of nitro groups is 2. The molecule has 0 saturated carbocycles. The fraction of sp³-hybridized carbons (Fsp3) is 0. The molecule has 0 fully saturated rings. The molecule has 0 saturated heterocycles. The molecule has 1 aromatic rings. The lowest BCUT2D eigenvalue weighted by Gasteiger charge is -2.09. The van der Waals surface area contributed by atoms with E-state index in [4.69, 9.17) is 0 Å². The molecule has 0 aliphatic heterocycles. The van der Waals surface area contributed by atoms with Crippen molar-refractivity contribution in [2.75, 3.05) is 0 Å². The van der Waals surface area contributed by atoms with E-state index in [1.165, 1.54) is 0 Å². The molecule has 14 heavy (non-hydrogen) atoms. The van der Waals surface area contributed by atoms with Crippen molar-refractivity contribution in [2.24, 2.45) is 0 Å². The maximum absolute atomic E-state index is 9.80. The smallest absolute Gasteiger partial charge is 0.125 e. The molecular formula is C2N8O4-2. The Balaban J connectivity index is 2.68. The van der Waals surface area contributed by atoms with Gasteiger partial charge in [0.1, 0.15) is 22.0 Å². The third-order valence-electron chi connectivity index (χ3n) is 0.800. The predicted octanol–water partition coefficient (Wildman–Crippen LogP) is -0.340. The summed E-state index contributed by atoms with van der Waals surface area (Å²) in [4.78, 5) is 19.6. The summed E-state index contributed by atoms with van der Waals surface area (Å²) in [6, 6.07) is 0. The molecule has 0 amide bonds. The lowest BCUT2D eigenvalue weighted by Crippen LogP contribution is -1.98. The van der Waals surface area contributed by atoms with Crippen LogP contribution in [-0.2, 0) is 0 Å². The molecule has 0 atom stereocenters. The molecule has 74 valence electrons. The zero-order chi connectivity index (χ0) is 10.6. The molecule has 12 heteroatoms. The lowest BCUT2D eigenvalue weighted by atomic mass is 11.0. The van der Waals surface area contributed by atoms with Gasteiger partial charge in [0.2, 0.25) is 0 Å². The first-order valence-corrected chi connectivity index (χ1v) is 2.87. The molecule has 1 heterocycles. The van der Waals surface area contributed by atoms with Gasteiger partial charge in [-0.3, -0.25) is 0 Å². The Hall–Kier alpha value is -2.66. The van der Waals surface area contributed by atoms with E-state index in [0.717, 1.165) is 0 Å². The molecule has 0 aliphatic rings. The summed E-state index contributed by atoms with van der Waals surface area (Å²) in [7, 11) is 0. The number of rotatable bonds is 4. The van der Waals surface area contributed by atoms with E-state index in [0.29, 0.717) is 0 Å². The molecular weight excluding hydrogens is 200 g/mol. The van der Waals surface area contributed by atoms with Crippen molar-refractivity contribution in [3.63, 3.8) is 0 Å². The zero-order valence-electron chi connectivity index (χ0n) is 6.21. The number of aromatic nitrogens is 4. The monoisotopic (exact) mass is 200 g/mol. The fourth-order valence-corrected chi connectivity index (χ4v) is 0.445. The van der Waals surface area contributed by atoms with Crippen molar-refractivity contribution in [3.05, 3.63) is 31.1 Å². The van der Waals surface area contributed by atoms with Gasteiger partial charge in [-0.2, -0.15) is 0 Å². The van der Waals surface area contributed by atoms with Crippen molar-refractivity contribution < 1.29 is 10.1 Å². The van der Waals surface area contributed by atoms with Crippen LogP contribution in [0.3, 0.4) is 0 Å². The van der Waals surface area contributed by atoms with E-state index in [1.807, 2.05) is 0 Å². The highest BCUT2D eigenvalue weighted by Gasteiger charge is 1.94. The van der Waals surface area contributed by atoms with Gasteiger partial charge < -0.3 is 20.4 Å². The van der Waals surface area contributed by atoms with Crippen LogP contribution in [0.15, 0.2) is 0 Å². The second-order valence-corrected chi connectivity index (χ2v) is 1.68. The van der Waals surface area contributed by atoms with E-state index >= 15 is 0 Å². The van der Waals surface area contributed by atoms with Crippen LogP contribution in [0.1, 0.15) is 0 Å². The first-order valence-electron chi connectivity index (χ1n) is 2.87. The van der Waals surface area contributed by atoms with Gasteiger partial charge in [0.05, 0.1) is 0 Å². The van der Waals surface area contributed by atoms with Gasteiger partial charge in [-0.25, -0.2) is 20.2 Å². The predicted molar refractivity (Wildman–Crippen MR) is 37.6 cm³/mol. The van der Waals surface area contributed by atoms with Crippen molar-refractivity contribution in [1.82, 2.24) is 20.4 Å². The van der Waals surface area contributed by atoms with Gasteiger partial charge in [0, 0.05) is 0 Å². The fourth-order valence-electron chi connectivity index (χ4n) is 0.445. The molecule has 0 unspecified atom stereocenters. The average Bonchev–Trinajstić information content (AvgIpc) is 2.06. The molecule has 1 aromatic heterocycles. The lowest BCUT2D eigenvalue weighted by molar-refractivity contribution is -0.420. The molecule has 0 spiro atoms. The standard InChI is InChI=1S/C2N8O4/c11-9(12)7-1-3-5-2(6-4-1)8-10(13)14/q-2. The maximum Gasteiger partial charge on any atom is 0.125 e. The van der Waals surface area contributed by atoms with E-state index in [1.54, 1.807) is 0 Å². The SMILES string of the molecule is O=[N+]([O-])[N-]c1nnc([N-][N+](=O)[O-])nn1. The van der Waals surface area contributed by atoms with Crippen LogP contribution in [0.25, 0.3) is 10.9 Å². The second-order valence-electron chi connectivity index (χ2n) is 1.68. The van der Waals surface area contributed by atoms with Gasteiger partial charge in [-0.05, 0) is 0 Å². The van der Waals surface area contributed by atoms with Crippen LogP contribution in [0, 0.1) is 20.2 Å². The van der Waals surface area contributed by atoms with Crippen molar-refractivity contribution in [2.45, 2.75) is 0 Å². The molecule has 0 N–H and O–H groups in total. The minimum absolute atomic E-state index is 0.614. The highest BCUT2D eigenvalue weighted by Crippen LogP contribution is 2.11. The molecule has 0 aliphatic carbocycles. The Morgan fingerprint density at radius 1 is 0.857 bits per heavy atom. The van der Waals surface area contributed by atoms with Crippen molar-refractivity contribution in [1.29, 1.82) is 0 Å². The van der Waals surface area contributed by atoms with Gasteiger partial charge in [0.25, 0.3) is 0 Å². The minimum Gasteiger partial charge on any atom is -0.340 e. The first-order chi connectivity index (χ1) is 6.58. The Morgan fingerprint density at radius 2 is 1.14 bits per heavy atom. The number of hydrogen-bond donors (Lipinski definition) is 0. The molecule has 0 bridgehead atoms. The van der Waals surface area contributed by atoms with Crippen LogP contribution in [0.4, 0.5) is 11.9 Å². The van der Waals surface area contributed by atoms with E-state index in [2.05, 4.69) is 31.2 Å². The highest BCUT2D eigenvalue weighted by atomic mass is 16.7. The van der Waals surface area contributed by atoms with Crippen LogP contribution in [0.5, 0.6) is 0 Å². The Kier molecular flexibility index (Phi) is 2.58. The van der Waals surface area contributed by atoms with Gasteiger partial charge in [0.15, 0.2) is 0 Å². The van der Waals surface area contributed by atoms with E-state index < -0.39 is 22.0 Å². The van der Waals surface area contributed by atoms with Crippen molar-refractivity contribution >= 4 is 11.9 Å². The first kappa shape index (κ1) is 9.43. The minimum atomic E-state index is -1.05. The second kappa shape index (κ2) is 3.83.